The summed E-state index contributed by atoms with van der Waals surface area (Å²) in [5, 5.41) is 10.6. The number of primary sulfonamides is 1. The van der Waals surface area contributed by atoms with Crippen LogP contribution >= 0.6 is 0 Å². The molecule has 0 saturated heterocycles. The van der Waals surface area contributed by atoms with Gasteiger partial charge in [0.2, 0.25) is 10.0 Å². The topological polar surface area (TPSA) is 92.8 Å². The number of hydrazone groups is 1. The van der Waals surface area contributed by atoms with Crippen molar-refractivity contribution < 1.29 is 13.2 Å². The predicted molar refractivity (Wildman–Crippen MR) is 72.5 cm³/mol. The fourth-order valence-corrected chi connectivity index (χ4v) is 2.96. The number of carbonyl (C=O) groups is 1. The fourth-order valence-electron chi connectivity index (χ4n) is 2.18. The Labute approximate surface area is 112 Å². The van der Waals surface area contributed by atoms with Crippen molar-refractivity contribution in [3.63, 3.8) is 0 Å². The zero-order chi connectivity index (χ0) is 14.4. The number of carbonyl (C=O) groups excluding carboxylic acids is 1. The van der Waals surface area contributed by atoms with Crippen LogP contribution in [0.4, 0.5) is 5.69 Å². The number of benzene rings is 1. The van der Waals surface area contributed by atoms with Gasteiger partial charge in [0.1, 0.15) is 0 Å². The van der Waals surface area contributed by atoms with E-state index < -0.39 is 10.0 Å². The molecule has 1 amide bonds. The minimum atomic E-state index is -3.82. The first-order chi connectivity index (χ1) is 8.71. The minimum Gasteiger partial charge on any atom is -0.272 e. The lowest BCUT2D eigenvalue weighted by Crippen LogP contribution is -2.23. The molecule has 0 aliphatic carbocycles. The molecule has 0 spiro atoms. The van der Waals surface area contributed by atoms with Gasteiger partial charge in [-0.05, 0) is 38.0 Å². The second kappa shape index (κ2) is 4.43. The summed E-state index contributed by atoms with van der Waals surface area (Å²) in [6.45, 7) is 5.18. The Bertz CT molecular complexity index is 692. The largest absolute Gasteiger partial charge is 0.272 e. The van der Waals surface area contributed by atoms with E-state index in [9.17, 15) is 13.2 Å². The van der Waals surface area contributed by atoms with Crippen molar-refractivity contribution >= 4 is 27.3 Å². The van der Waals surface area contributed by atoms with Crippen molar-refractivity contribution in [2.75, 3.05) is 5.01 Å². The molecule has 2 N–H and O–H groups in total. The number of amides is 1. The highest BCUT2D eigenvalue weighted by Crippen LogP contribution is 2.32. The number of hydrogen-bond acceptors (Lipinski definition) is 4. The third-order valence-corrected chi connectivity index (χ3v) is 4.07. The summed E-state index contributed by atoms with van der Waals surface area (Å²) in [5.41, 5.74) is 2.41. The first-order valence-electron chi connectivity index (χ1n) is 5.72. The summed E-state index contributed by atoms with van der Waals surface area (Å²) in [7, 11) is -3.82. The van der Waals surface area contributed by atoms with Crippen LogP contribution in [0.25, 0.3) is 0 Å². The van der Waals surface area contributed by atoms with Crippen LogP contribution in [0.15, 0.2) is 22.1 Å². The van der Waals surface area contributed by atoms with Crippen LogP contribution in [-0.4, -0.2) is 20.0 Å². The Kier molecular flexibility index (Phi) is 3.19. The second-order valence-electron chi connectivity index (χ2n) is 4.62. The highest BCUT2D eigenvalue weighted by atomic mass is 32.2. The average molecular weight is 281 g/mol. The van der Waals surface area contributed by atoms with Gasteiger partial charge in [0, 0.05) is 5.71 Å². The maximum atomic E-state index is 11.9. The van der Waals surface area contributed by atoms with E-state index in [1.165, 1.54) is 11.1 Å². The molecule has 0 unspecified atom stereocenters. The third-order valence-electron chi connectivity index (χ3n) is 3.02. The molecular weight excluding hydrogens is 266 g/mol. The molecule has 0 fully saturated rings. The molecule has 0 bridgehead atoms. The van der Waals surface area contributed by atoms with E-state index in [1.54, 1.807) is 26.8 Å². The van der Waals surface area contributed by atoms with Crippen LogP contribution in [0, 0.1) is 13.8 Å². The molecule has 6 nitrogen and oxygen atoms in total. The molecular formula is C12H15N3O3S. The maximum absolute atomic E-state index is 11.9. The Hall–Kier alpha value is -1.73. The molecule has 19 heavy (non-hydrogen) atoms. The standard InChI is InChI=1S/C12H15N3O3S/c1-7-4-5-10(19(13,17)18)9(3)12(7)15-11(16)6-8(2)14-15/h4-5H,6H2,1-3H3,(H2,13,17,18). The van der Waals surface area contributed by atoms with Gasteiger partial charge in [-0.2, -0.15) is 10.1 Å². The quantitative estimate of drug-likeness (QED) is 0.878. The van der Waals surface area contributed by atoms with E-state index in [-0.39, 0.29) is 17.2 Å². The molecule has 1 aromatic rings. The van der Waals surface area contributed by atoms with Crippen molar-refractivity contribution in [1.29, 1.82) is 0 Å². The predicted octanol–water partition coefficient (Wildman–Crippen LogP) is 1.06. The van der Waals surface area contributed by atoms with Crippen molar-refractivity contribution in [3.05, 3.63) is 23.3 Å². The first kappa shape index (κ1) is 13.7. The minimum absolute atomic E-state index is 0.0145. The molecule has 0 aromatic heterocycles. The maximum Gasteiger partial charge on any atom is 0.253 e. The lowest BCUT2D eigenvalue weighted by molar-refractivity contribution is -0.116. The second-order valence-corrected chi connectivity index (χ2v) is 6.15. The Morgan fingerprint density at radius 3 is 2.37 bits per heavy atom. The number of nitrogens with two attached hydrogens (primary N) is 1. The van der Waals surface area contributed by atoms with Crippen LogP contribution in [0.1, 0.15) is 24.5 Å². The number of hydrogen-bond donors (Lipinski definition) is 1. The van der Waals surface area contributed by atoms with Gasteiger partial charge >= 0.3 is 0 Å². The SMILES string of the molecule is CC1=NN(c2c(C)ccc(S(N)(=O)=O)c2C)C(=O)C1. The van der Waals surface area contributed by atoms with Crippen LogP contribution in [0.5, 0.6) is 0 Å². The van der Waals surface area contributed by atoms with Crippen molar-refractivity contribution in [1.82, 2.24) is 0 Å². The number of aryl methyl sites for hydroxylation is 1. The summed E-state index contributed by atoms with van der Waals surface area (Å²) in [5.74, 6) is -0.171. The zero-order valence-electron chi connectivity index (χ0n) is 11.0. The van der Waals surface area contributed by atoms with E-state index in [2.05, 4.69) is 5.10 Å². The van der Waals surface area contributed by atoms with Crippen molar-refractivity contribution in [2.24, 2.45) is 10.2 Å². The van der Waals surface area contributed by atoms with Gasteiger partial charge in [-0.3, -0.25) is 4.79 Å². The van der Waals surface area contributed by atoms with Crippen LogP contribution in [0.3, 0.4) is 0 Å². The van der Waals surface area contributed by atoms with Gasteiger partial charge in [-0.1, -0.05) is 6.07 Å². The molecule has 7 heteroatoms. The molecule has 0 radical (unpaired) electrons. The van der Waals surface area contributed by atoms with Crippen molar-refractivity contribution in [2.45, 2.75) is 32.1 Å². The summed E-state index contributed by atoms with van der Waals surface area (Å²) < 4.78 is 23.0. The van der Waals surface area contributed by atoms with Gasteiger partial charge in [0.15, 0.2) is 0 Å². The highest BCUT2D eigenvalue weighted by molar-refractivity contribution is 7.89. The number of nitrogens with zero attached hydrogens (tertiary/aromatic N) is 2. The molecule has 0 saturated carbocycles. The lowest BCUT2D eigenvalue weighted by atomic mass is 10.1. The molecule has 0 atom stereocenters. The van der Waals surface area contributed by atoms with Crippen LogP contribution in [-0.2, 0) is 14.8 Å². The number of rotatable bonds is 2. The molecule has 2 rings (SSSR count). The van der Waals surface area contributed by atoms with Gasteiger partial charge in [-0.25, -0.2) is 13.6 Å². The summed E-state index contributed by atoms with van der Waals surface area (Å²) in [6, 6.07) is 3.07. The average Bonchev–Trinajstić information content (AvgIpc) is 2.56. The van der Waals surface area contributed by atoms with E-state index in [4.69, 9.17) is 5.14 Å². The monoisotopic (exact) mass is 281 g/mol. The normalized spacial score (nSPS) is 15.9. The lowest BCUT2D eigenvalue weighted by Gasteiger charge is -2.19. The first-order valence-corrected chi connectivity index (χ1v) is 7.26. The van der Waals surface area contributed by atoms with Crippen LogP contribution < -0.4 is 10.1 Å². The highest BCUT2D eigenvalue weighted by Gasteiger charge is 2.27. The van der Waals surface area contributed by atoms with E-state index >= 15 is 0 Å². The Morgan fingerprint density at radius 2 is 1.89 bits per heavy atom. The molecule has 102 valence electrons. The van der Waals surface area contributed by atoms with Crippen LogP contribution in [0.2, 0.25) is 0 Å². The molecule has 1 aliphatic heterocycles. The Balaban J connectivity index is 2.68. The zero-order valence-corrected chi connectivity index (χ0v) is 11.8. The summed E-state index contributed by atoms with van der Waals surface area (Å²) >= 11 is 0. The van der Waals surface area contributed by atoms with E-state index in [0.29, 0.717) is 17.0 Å². The molecule has 1 aliphatic rings. The summed E-state index contributed by atoms with van der Waals surface area (Å²) in [6.07, 6.45) is 0.248. The van der Waals surface area contributed by atoms with E-state index in [1.807, 2.05) is 0 Å². The van der Waals surface area contributed by atoms with Gasteiger partial charge in [0.05, 0.1) is 17.0 Å². The molecule has 1 aromatic carbocycles. The Morgan fingerprint density at radius 1 is 1.26 bits per heavy atom. The third kappa shape index (κ3) is 2.39. The van der Waals surface area contributed by atoms with Crippen molar-refractivity contribution in [3.8, 4) is 0 Å². The fraction of sp³-hybridized carbons (Fsp3) is 0.333. The number of sulfonamides is 1. The molecule has 1 heterocycles. The summed E-state index contributed by atoms with van der Waals surface area (Å²) in [4.78, 5) is 11.9. The smallest absolute Gasteiger partial charge is 0.253 e. The van der Waals surface area contributed by atoms with Gasteiger partial charge in [-0.15, -0.1) is 0 Å². The van der Waals surface area contributed by atoms with E-state index in [0.717, 1.165) is 5.56 Å². The van der Waals surface area contributed by atoms with Gasteiger partial charge in [0.25, 0.3) is 5.91 Å². The van der Waals surface area contributed by atoms with Gasteiger partial charge < -0.3 is 0 Å². The number of anilines is 1.